The number of Topliss-reactive ketones (excluding diaryl/α,β-unsaturated/α-hetero) is 1. The van der Waals surface area contributed by atoms with Gasteiger partial charge in [-0.25, -0.2) is 0 Å². The van der Waals surface area contributed by atoms with Crippen LogP contribution < -0.4 is 0 Å². The number of carbonyl (C=O) groups excluding carboxylic acids is 1. The Balaban J connectivity index is 0.000000980. The van der Waals surface area contributed by atoms with Gasteiger partial charge in [-0.2, -0.15) is 0 Å². The zero-order valence-electron chi connectivity index (χ0n) is 9.03. The third kappa shape index (κ3) is 2.12. The molecule has 0 aromatic carbocycles. The maximum Gasteiger partial charge on any atom is 0.140 e. The first-order chi connectivity index (χ1) is 6.18. The largest absolute Gasteiger partial charge is 0.309 e. The maximum absolute atomic E-state index is 11.9. The SMILES string of the molecule is CN(C)CC1C(=O)C2CCC1CC2.Cl. The molecule has 3 saturated carbocycles. The molecular weight excluding hydrogens is 198 g/mol. The van der Waals surface area contributed by atoms with E-state index in [1.807, 2.05) is 0 Å². The Labute approximate surface area is 92.5 Å². The molecule has 3 aliphatic carbocycles. The van der Waals surface area contributed by atoms with E-state index in [0.717, 1.165) is 6.54 Å². The van der Waals surface area contributed by atoms with Gasteiger partial charge in [0.05, 0.1) is 0 Å². The fourth-order valence-electron chi connectivity index (χ4n) is 2.97. The van der Waals surface area contributed by atoms with Crippen molar-refractivity contribution in [2.45, 2.75) is 25.7 Å². The predicted octanol–water partition coefficient (Wildman–Crippen LogP) is 1.98. The average Bonchev–Trinajstić information content (AvgIpc) is 2.11. The fraction of sp³-hybridized carbons (Fsp3) is 0.909. The van der Waals surface area contributed by atoms with Crippen molar-refractivity contribution in [3.63, 3.8) is 0 Å². The third-order valence-corrected chi connectivity index (χ3v) is 3.67. The van der Waals surface area contributed by atoms with E-state index in [9.17, 15) is 4.79 Å². The van der Waals surface area contributed by atoms with Gasteiger partial charge in [-0.3, -0.25) is 4.79 Å². The molecule has 82 valence electrons. The minimum absolute atomic E-state index is 0. The van der Waals surface area contributed by atoms with Crippen LogP contribution in [0.25, 0.3) is 0 Å². The Kier molecular flexibility index (Phi) is 3.96. The molecule has 0 radical (unpaired) electrons. The summed E-state index contributed by atoms with van der Waals surface area (Å²) in [5.74, 6) is 2.06. The van der Waals surface area contributed by atoms with Crippen LogP contribution in [0.5, 0.6) is 0 Å². The first-order valence-electron chi connectivity index (χ1n) is 5.37. The number of rotatable bonds is 2. The summed E-state index contributed by atoms with van der Waals surface area (Å²) < 4.78 is 0. The fourth-order valence-corrected chi connectivity index (χ4v) is 2.97. The van der Waals surface area contributed by atoms with Gasteiger partial charge in [0.15, 0.2) is 0 Å². The van der Waals surface area contributed by atoms with E-state index in [-0.39, 0.29) is 12.4 Å². The van der Waals surface area contributed by atoms with E-state index < -0.39 is 0 Å². The molecule has 0 heterocycles. The van der Waals surface area contributed by atoms with E-state index in [2.05, 4.69) is 19.0 Å². The van der Waals surface area contributed by atoms with Crippen LogP contribution in [0.3, 0.4) is 0 Å². The van der Waals surface area contributed by atoms with Gasteiger partial charge in [0.2, 0.25) is 0 Å². The Morgan fingerprint density at radius 2 is 1.79 bits per heavy atom. The topological polar surface area (TPSA) is 20.3 Å². The maximum atomic E-state index is 11.9. The number of carbonyl (C=O) groups is 1. The second kappa shape index (κ2) is 4.63. The molecule has 1 unspecified atom stereocenters. The lowest BCUT2D eigenvalue weighted by atomic mass is 9.64. The molecule has 0 aliphatic heterocycles. The van der Waals surface area contributed by atoms with Crippen LogP contribution in [0, 0.1) is 17.8 Å². The van der Waals surface area contributed by atoms with E-state index >= 15 is 0 Å². The van der Waals surface area contributed by atoms with Gasteiger partial charge in [0.25, 0.3) is 0 Å². The van der Waals surface area contributed by atoms with Crippen molar-refractivity contribution >= 4 is 18.2 Å². The first-order valence-corrected chi connectivity index (χ1v) is 5.37. The molecule has 0 aromatic rings. The monoisotopic (exact) mass is 217 g/mol. The molecule has 3 fully saturated rings. The van der Waals surface area contributed by atoms with Crippen molar-refractivity contribution in [1.29, 1.82) is 0 Å². The minimum atomic E-state index is 0. The molecule has 3 heteroatoms. The van der Waals surface area contributed by atoms with E-state index in [1.165, 1.54) is 25.7 Å². The second-order valence-corrected chi connectivity index (χ2v) is 4.88. The molecule has 2 bridgehead atoms. The highest BCUT2D eigenvalue weighted by Crippen LogP contribution is 2.42. The van der Waals surface area contributed by atoms with Crippen LogP contribution in [-0.2, 0) is 4.79 Å². The summed E-state index contributed by atoms with van der Waals surface area (Å²) in [6.07, 6.45) is 4.95. The van der Waals surface area contributed by atoms with E-state index in [1.54, 1.807) is 0 Å². The number of hydrogen-bond donors (Lipinski definition) is 0. The number of hydrogen-bond acceptors (Lipinski definition) is 2. The second-order valence-electron chi connectivity index (χ2n) is 4.88. The van der Waals surface area contributed by atoms with Crippen molar-refractivity contribution < 1.29 is 4.79 Å². The molecule has 3 rings (SSSR count). The number of halogens is 1. The summed E-state index contributed by atoms with van der Waals surface area (Å²) in [6.45, 7) is 0.972. The summed E-state index contributed by atoms with van der Waals surface area (Å²) >= 11 is 0. The molecule has 0 aromatic heterocycles. The summed E-state index contributed by atoms with van der Waals surface area (Å²) in [4.78, 5) is 14.1. The molecule has 14 heavy (non-hydrogen) atoms. The van der Waals surface area contributed by atoms with Crippen molar-refractivity contribution in [1.82, 2.24) is 4.90 Å². The van der Waals surface area contributed by atoms with Crippen LogP contribution in [-0.4, -0.2) is 31.3 Å². The van der Waals surface area contributed by atoms with E-state index in [0.29, 0.717) is 23.5 Å². The Hall–Kier alpha value is -0.0800. The lowest BCUT2D eigenvalue weighted by molar-refractivity contribution is -0.136. The van der Waals surface area contributed by atoms with Gasteiger partial charge in [0, 0.05) is 18.4 Å². The van der Waals surface area contributed by atoms with Gasteiger partial charge >= 0.3 is 0 Å². The number of nitrogens with zero attached hydrogens (tertiary/aromatic N) is 1. The quantitative estimate of drug-likeness (QED) is 0.705. The molecule has 2 nitrogen and oxygen atoms in total. The molecule has 3 aliphatic rings. The normalized spacial score (nSPS) is 35.9. The van der Waals surface area contributed by atoms with Gasteiger partial charge in [-0.1, -0.05) is 0 Å². The van der Waals surface area contributed by atoms with Crippen LogP contribution in [0.4, 0.5) is 0 Å². The van der Waals surface area contributed by atoms with E-state index in [4.69, 9.17) is 0 Å². The predicted molar refractivity (Wildman–Crippen MR) is 59.7 cm³/mol. The standard InChI is InChI=1S/C11H19NO.ClH/c1-12(2)7-10-8-3-5-9(6-4-8)11(10)13;/h8-10H,3-7H2,1-2H3;1H. The highest BCUT2D eigenvalue weighted by atomic mass is 35.5. The lowest BCUT2D eigenvalue weighted by Crippen LogP contribution is -2.44. The molecule has 0 spiro atoms. The Bertz CT molecular complexity index is 209. The average molecular weight is 218 g/mol. The molecular formula is C11H20ClNO. The van der Waals surface area contributed by atoms with Crippen molar-refractivity contribution in [2.24, 2.45) is 17.8 Å². The molecule has 0 N–H and O–H groups in total. The van der Waals surface area contributed by atoms with Crippen LogP contribution >= 0.6 is 12.4 Å². The van der Waals surface area contributed by atoms with Gasteiger partial charge in [0.1, 0.15) is 5.78 Å². The summed E-state index contributed by atoms with van der Waals surface area (Å²) in [5.41, 5.74) is 0. The summed E-state index contributed by atoms with van der Waals surface area (Å²) in [7, 11) is 4.13. The smallest absolute Gasteiger partial charge is 0.140 e. The van der Waals surface area contributed by atoms with Crippen LogP contribution in [0.15, 0.2) is 0 Å². The Morgan fingerprint density at radius 1 is 1.21 bits per heavy atom. The molecule has 1 atom stereocenters. The van der Waals surface area contributed by atoms with Crippen molar-refractivity contribution in [3.05, 3.63) is 0 Å². The Morgan fingerprint density at radius 3 is 2.21 bits per heavy atom. The number of ketones is 1. The van der Waals surface area contributed by atoms with Crippen LogP contribution in [0.1, 0.15) is 25.7 Å². The number of fused-ring (bicyclic) bond motifs is 3. The molecule has 0 amide bonds. The minimum Gasteiger partial charge on any atom is -0.309 e. The van der Waals surface area contributed by atoms with Gasteiger partial charge in [-0.05, 0) is 45.7 Å². The van der Waals surface area contributed by atoms with Gasteiger partial charge < -0.3 is 4.90 Å². The van der Waals surface area contributed by atoms with Crippen molar-refractivity contribution in [2.75, 3.05) is 20.6 Å². The van der Waals surface area contributed by atoms with Crippen molar-refractivity contribution in [3.8, 4) is 0 Å². The zero-order valence-corrected chi connectivity index (χ0v) is 9.85. The van der Waals surface area contributed by atoms with Crippen LogP contribution in [0.2, 0.25) is 0 Å². The third-order valence-electron chi connectivity index (χ3n) is 3.67. The first kappa shape index (κ1) is 12.0. The summed E-state index contributed by atoms with van der Waals surface area (Å²) in [6, 6.07) is 0. The van der Waals surface area contributed by atoms with Gasteiger partial charge in [-0.15, -0.1) is 12.4 Å². The lowest BCUT2D eigenvalue weighted by Gasteiger charge is -2.41. The highest BCUT2D eigenvalue weighted by molar-refractivity contribution is 5.85. The summed E-state index contributed by atoms with van der Waals surface area (Å²) in [5, 5.41) is 0. The molecule has 0 saturated heterocycles. The highest BCUT2D eigenvalue weighted by Gasteiger charge is 2.42. The zero-order chi connectivity index (χ0) is 9.42.